The first-order chi connectivity index (χ1) is 16.6. The molecule has 1 aromatic carbocycles. The third kappa shape index (κ3) is 6.27. The van der Waals surface area contributed by atoms with E-state index in [9.17, 15) is 13.6 Å². The molecule has 10 heteroatoms. The van der Waals surface area contributed by atoms with E-state index in [1.807, 2.05) is 19.9 Å². The molecule has 1 aliphatic carbocycles. The summed E-state index contributed by atoms with van der Waals surface area (Å²) < 4.78 is 36.6. The highest BCUT2D eigenvalue weighted by Gasteiger charge is 2.30. The van der Waals surface area contributed by atoms with Crippen molar-refractivity contribution in [3.05, 3.63) is 65.5 Å². The molecule has 0 saturated heterocycles. The minimum Gasteiger partial charge on any atom is -0.496 e. The fourth-order valence-electron chi connectivity index (χ4n) is 3.76. The Morgan fingerprint density at radius 2 is 2.03 bits per heavy atom. The first kappa shape index (κ1) is 26.4. The first-order valence-electron chi connectivity index (χ1n) is 11.3. The number of amides is 1. The summed E-state index contributed by atoms with van der Waals surface area (Å²) in [7, 11) is 1.35. The number of methoxy groups -OCH3 is 1. The van der Waals surface area contributed by atoms with Gasteiger partial charge in [-0.2, -0.15) is 8.78 Å². The van der Waals surface area contributed by atoms with Gasteiger partial charge in [-0.25, -0.2) is 5.84 Å². The molecule has 1 fully saturated rings. The van der Waals surface area contributed by atoms with Crippen LogP contribution in [0.2, 0.25) is 0 Å². The third-order valence-electron chi connectivity index (χ3n) is 5.81. The van der Waals surface area contributed by atoms with Gasteiger partial charge in [0.05, 0.1) is 19.4 Å². The van der Waals surface area contributed by atoms with Crippen molar-refractivity contribution in [2.45, 2.75) is 44.9 Å². The van der Waals surface area contributed by atoms with E-state index < -0.39 is 18.1 Å². The van der Waals surface area contributed by atoms with Gasteiger partial charge in [0.2, 0.25) is 0 Å². The highest BCUT2D eigenvalue weighted by molar-refractivity contribution is 6.01. The third-order valence-corrected chi connectivity index (χ3v) is 5.81. The van der Waals surface area contributed by atoms with Crippen LogP contribution >= 0.6 is 0 Å². The van der Waals surface area contributed by atoms with Crippen LogP contribution in [0.5, 0.6) is 11.5 Å². The highest BCUT2D eigenvalue weighted by atomic mass is 19.3. The Morgan fingerprint density at radius 1 is 1.34 bits per heavy atom. The number of halogens is 2. The molecule has 3 rings (SSSR count). The van der Waals surface area contributed by atoms with Gasteiger partial charge in [-0.3, -0.25) is 9.80 Å². The second-order valence-corrected chi connectivity index (χ2v) is 8.78. The summed E-state index contributed by atoms with van der Waals surface area (Å²) in [5.41, 5.74) is 1.80. The van der Waals surface area contributed by atoms with Crippen molar-refractivity contribution < 1.29 is 28.2 Å². The minimum absolute atomic E-state index is 0.00193. The van der Waals surface area contributed by atoms with E-state index in [1.165, 1.54) is 18.2 Å². The summed E-state index contributed by atoms with van der Waals surface area (Å²) in [6, 6.07) is 2.94. The molecule has 1 amide bonds. The number of carbonyl (C=O) groups is 1. The first-order valence-corrected chi connectivity index (χ1v) is 11.3. The van der Waals surface area contributed by atoms with E-state index in [4.69, 9.17) is 20.4 Å². The lowest BCUT2D eigenvalue weighted by Gasteiger charge is -2.32. The van der Waals surface area contributed by atoms with Crippen LogP contribution in [0.15, 0.2) is 54.4 Å². The Kier molecular flexibility index (Phi) is 8.31. The van der Waals surface area contributed by atoms with E-state index in [1.54, 1.807) is 24.4 Å². The lowest BCUT2D eigenvalue weighted by molar-refractivity contribution is -0.0502. The molecule has 1 aliphatic heterocycles. The van der Waals surface area contributed by atoms with Crippen LogP contribution in [0.3, 0.4) is 0 Å². The number of ether oxygens (including phenoxy) is 2. The number of β-amino-alcohol motifs (C(OH)–C–C–N with tert-alkyl or cyclic N) is 1. The number of nitrogens with two attached hydrogens (primary N) is 1. The Hall–Kier alpha value is -3.21. The molecule has 1 aromatic rings. The number of hydrogen-bond donors (Lipinski definition) is 4. The number of hydrazine groups is 1. The van der Waals surface area contributed by atoms with Crippen molar-refractivity contribution >= 4 is 11.5 Å². The average Bonchev–Trinajstić information content (AvgIpc) is 3.62. The van der Waals surface area contributed by atoms with Crippen molar-refractivity contribution in [2.75, 3.05) is 20.3 Å². The van der Waals surface area contributed by atoms with Gasteiger partial charge >= 0.3 is 6.61 Å². The number of aliphatic hydroxyl groups is 1. The number of nitrogens with zero attached hydrogens (tertiary/aromatic N) is 1. The van der Waals surface area contributed by atoms with Gasteiger partial charge in [0.1, 0.15) is 17.1 Å². The maximum Gasteiger partial charge on any atom is 0.387 e. The van der Waals surface area contributed by atoms with E-state index in [0.29, 0.717) is 23.4 Å². The van der Waals surface area contributed by atoms with Gasteiger partial charge in [-0.15, -0.1) is 0 Å². The molecule has 5 N–H and O–H groups in total. The number of allylic oxidation sites excluding steroid dienone is 3. The predicted molar refractivity (Wildman–Crippen MR) is 130 cm³/mol. The maximum atomic E-state index is 13.3. The molecule has 0 unspecified atom stereocenters. The van der Waals surface area contributed by atoms with Crippen molar-refractivity contribution in [3.8, 4) is 11.5 Å². The van der Waals surface area contributed by atoms with Gasteiger partial charge in [-0.05, 0) is 56.0 Å². The van der Waals surface area contributed by atoms with E-state index in [2.05, 4.69) is 17.2 Å². The van der Waals surface area contributed by atoms with Crippen LogP contribution in [0, 0.1) is 0 Å². The summed E-state index contributed by atoms with van der Waals surface area (Å²) >= 11 is 0. The van der Waals surface area contributed by atoms with Crippen molar-refractivity contribution in [2.24, 2.45) is 5.84 Å². The zero-order valence-electron chi connectivity index (χ0n) is 20.1. The number of benzene rings is 1. The molecule has 0 spiro atoms. The number of alkyl halides is 2. The molecule has 1 saturated carbocycles. The summed E-state index contributed by atoms with van der Waals surface area (Å²) in [5.74, 6) is 5.56. The summed E-state index contributed by atoms with van der Waals surface area (Å²) in [6.45, 7) is 5.05. The molecule has 190 valence electrons. The van der Waals surface area contributed by atoms with Crippen LogP contribution in [-0.4, -0.2) is 54.5 Å². The van der Waals surface area contributed by atoms with E-state index in [0.717, 1.165) is 18.4 Å². The van der Waals surface area contributed by atoms with E-state index >= 15 is 0 Å². The highest BCUT2D eigenvalue weighted by Crippen LogP contribution is 2.37. The average molecular weight is 491 g/mol. The fourth-order valence-corrected chi connectivity index (χ4v) is 3.76. The molecular formula is C25H32F2N4O4. The summed E-state index contributed by atoms with van der Waals surface area (Å²) in [4.78, 5) is 12.8. The van der Waals surface area contributed by atoms with Gasteiger partial charge < -0.3 is 25.2 Å². The molecule has 0 aromatic heterocycles. The lowest BCUT2D eigenvalue weighted by atomic mass is 9.91. The Balaban J connectivity index is 2.04. The van der Waals surface area contributed by atoms with Crippen molar-refractivity contribution in [1.29, 1.82) is 0 Å². The lowest BCUT2D eigenvalue weighted by Crippen LogP contribution is -2.44. The second kappa shape index (κ2) is 11.0. The van der Waals surface area contributed by atoms with Crippen LogP contribution in [-0.2, 0) is 0 Å². The number of carbonyl (C=O) groups excluding carboxylic acids is 1. The van der Waals surface area contributed by atoms with Gasteiger partial charge in [-0.1, -0.05) is 18.7 Å². The Bertz CT molecular complexity index is 1060. The van der Waals surface area contributed by atoms with Crippen molar-refractivity contribution in [1.82, 2.24) is 15.6 Å². The SMILES string of the molecule is C=C/C(=C1/C=CC(C(C)(C)NCCO)=CN1N)c1cc(OC)c(C(=O)NC2CC2)c(OC(F)F)c1. The molecule has 0 radical (unpaired) electrons. The number of hydrogen-bond acceptors (Lipinski definition) is 7. The zero-order chi connectivity index (χ0) is 25.8. The zero-order valence-corrected chi connectivity index (χ0v) is 20.1. The fraction of sp³-hybridized carbons (Fsp3) is 0.400. The van der Waals surface area contributed by atoms with Gasteiger partial charge in [0, 0.05) is 29.9 Å². The van der Waals surface area contributed by atoms with E-state index in [-0.39, 0.29) is 29.7 Å². The largest absolute Gasteiger partial charge is 0.496 e. The molecule has 0 bridgehead atoms. The standard InChI is InChI=1S/C25H32F2N4O4/c1-5-18(19-9-6-16(14-31(19)28)25(2,3)29-10-11-32)15-12-20(34-4)22(21(13-15)35-24(26)27)23(33)30-17-7-8-17/h5-6,9,12-14,17,24,29,32H,1,7-8,10-11,28H2,2-4H3,(H,30,33)/b19-18+. The van der Waals surface area contributed by atoms with Crippen LogP contribution in [0.25, 0.3) is 5.57 Å². The number of aliphatic hydroxyl groups excluding tert-OH is 1. The van der Waals surface area contributed by atoms with Gasteiger partial charge in [0.25, 0.3) is 5.91 Å². The normalized spacial score (nSPS) is 17.3. The summed E-state index contributed by atoms with van der Waals surface area (Å²) in [5, 5.41) is 16.5. The molecule has 1 heterocycles. The molecule has 2 aliphatic rings. The monoisotopic (exact) mass is 490 g/mol. The van der Waals surface area contributed by atoms with Crippen LogP contribution in [0.4, 0.5) is 8.78 Å². The predicted octanol–water partition coefficient (Wildman–Crippen LogP) is 3.08. The molecule has 0 atom stereocenters. The summed E-state index contributed by atoms with van der Waals surface area (Å²) in [6.07, 6.45) is 8.60. The number of rotatable bonds is 11. The van der Waals surface area contributed by atoms with Crippen LogP contribution in [0.1, 0.15) is 42.6 Å². The Morgan fingerprint density at radius 3 is 2.57 bits per heavy atom. The minimum atomic E-state index is -3.14. The molecule has 35 heavy (non-hydrogen) atoms. The Labute approximate surface area is 203 Å². The van der Waals surface area contributed by atoms with Crippen LogP contribution < -0.4 is 25.9 Å². The molecular weight excluding hydrogens is 458 g/mol. The van der Waals surface area contributed by atoms with Crippen molar-refractivity contribution in [3.63, 3.8) is 0 Å². The van der Waals surface area contributed by atoms with Gasteiger partial charge in [0.15, 0.2) is 0 Å². The second-order valence-electron chi connectivity index (χ2n) is 8.78. The quantitative estimate of drug-likeness (QED) is 0.353. The smallest absolute Gasteiger partial charge is 0.387 e. The topological polar surface area (TPSA) is 109 Å². The maximum absolute atomic E-state index is 13.3. The molecule has 8 nitrogen and oxygen atoms in total. The number of nitrogens with one attached hydrogen (secondary N) is 2.